The van der Waals surface area contributed by atoms with Crippen molar-refractivity contribution in [2.75, 3.05) is 5.32 Å². The van der Waals surface area contributed by atoms with E-state index in [0.29, 0.717) is 11.5 Å². The molecule has 0 aliphatic rings. The summed E-state index contributed by atoms with van der Waals surface area (Å²) in [6.45, 7) is 8.13. The van der Waals surface area contributed by atoms with Crippen LogP contribution in [0, 0.1) is 25.2 Å². The first kappa shape index (κ1) is 14.1. The zero-order chi connectivity index (χ0) is 14.7. The maximum atomic E-state index is 9.28. The maximum absolute atomic E-state index is 9.28. The summed E-state index contributed by atoms with van der Waals surface area (Å²) in [5.74, 6) is 0.480. The van der Waals surface area contributed by atoms with Gasteiger partial charge >= 0.3 is 0 Å². The van der Waals surface area contributed by atoms with Crippen molar-refractivity contribution >= 4 is 11.4 Å². The highest BCUT2D eigenvalue weighted by Crippen LogP contribution is 2.25. The Morgan fingerprint density at radius 3 is 2.60 bits per heavy atom. The second kappa shape index (κ2) is 5.75. The average Bonchev–Trinajstić information content (AvgIpc) is 2.38. The van der Waals surface area contributed by atoms with E-state index in [0.717, 1.165) is 22.8 Å². The molecule has 1 aromatic heterocycles. The fourth-order valence-corrected chi connectivity index (χ4v) is 2.20. The van der Waals surface area contributed by atoms with Gasteiger partial charge in [-0.05, 0) is 43.5 Å². The Labute approximate surface area is 120 Å². The molecule has 1 heterocycles. The highest BCUT2D eigenvalue weighted by molar-refractivity contribution is 5.68. The lowest BCUT2D eigenvalue weighted by molar-refractivity contribution is 0.867. The molecule has 2 aromatic rings. The van der Waals surface area contributed by atoms with Gasteiger partial charge in [0.1, 0.15) is 6.07 Å². The summed E-state index contributed by atoms with van der Waals surface area (Å²) in [7, 11) is 0. The van der Waals surface area contributed by atoms with Crippen LogP contribution in [-0.2, 0) is 0 Å². The summed E-state index contributed by atoms with van der Waals surface area (Å²) in [5.41, 5.74) is 5.36. The third-order valence-corrected chi connectivity index (χ3v) is 3.27. The van der Waals surface area contributed by atoms with Gasteiger partial charge in [-0.1, -0.05) is 26.0 Å². The zero-order valence-electron chi connectivity index (χ0n) is 12.4. The van der Waals surface area contributed by atoms with Crippen LogP contribution in [0.5, 0.6) is 0 Å². The normalized spacial score (nSPS) is 10.4. The first-order valence-corrected chi connectivity index (χ1v) is 6.76. The molecule has 0 aliphatic carbocycles. The van der Waals surface area contributed by atoms with E-state index < -0.39 is 0 Å². The summed E-state index contributed by atoms with van der Waals surface area (Å²) in [4.78, 5) is 4.33. The van der Waals surface area contributed by atoms with Crippen LogP contribution in [-0.4, -0.2) is 4.98 Å². The standard InChI is InChI=1S/C17H19N3/c1-11(2)14-6-5-7-15(9-14)20-17-8-12(3)19-13(4)16(17)10-18/h5-9,11H,1-4H3,(H,19,20). The average molecular weight is 265 g/mol. The fourth-order valence-electron chi connectivity index (χ4n) is 2.20. The zero-order valence-corrected chi connectivity index (χ0v) is 12.4. The van der Waals surface area contributed by atoms with Gasteiger partial charge in [0.25, 0.3) is 0 Å². The monoisotopic (exact) mass is 265 g/mol. The molecule has 1 aromatic carbocycles. The van der Waals surface area contributed by atoms with E-state index >= 15 is 0 Å². The van der Waals surface area contributed by atoms with Crippen molar-refractivity contribution in [3.05, 3.63) is 52.8 Å². The third kappa shape index (κ3) is 2.97. The number of nitriles is 1. The van der Waals surface area contributed by atoms with E-state index in [1.54, 1.807) is 0 Å². The van der Waals surface area contributed by atoms with Gasteiger partial charge in [0.15, 0.2) is 0 Å². The van der Waals surface area contributed by atoms with Crippen molar-refractivity contribution in [1.29, 1.82) is 5.26 Å². The highest BCUT2D eigenvalue weighted by Gasteiger charge is 2.09. The van der Waals surface area contributed by atoms with Crippen molar-refractivity contribution in [2.24, 2.45) is 0 Å². The number of nitrogens with one attached hydrogen (secondary N) is 1. The number of hydrogen-bond donors (Lipinski definition) is 1. The van der Waals surface area contributed by atoms with E-state index in [1.807, 2.05) is 32.0 Å². The predicted molar refractivity (Wildman–Crippen MR) is 82.2 cm³/mol. The van der Waals surface area contributed by atoms with E-state index in [9.17, 15) is 5.26 Å². The van der Waals surface area contributed by atoms with E-state index in [1.165, 1.54) is 5.56 Å². The van der Waals surface area contributed by atoms with Crippen LogP contribution in [0.2, 0.25) is 0 Å². The Morgan fingerprint density at radius 1 is 1.20 bits per heavy atom. The Kier molecular flexibility index (Phi) is 4.05. The summed E-state index contributed by atoms with van der Waals surface area (Å²) in [5, 5.41) is 12.6. The summed E-state index contributed by atoms with van der Waals surface area (Å²) in [6.07, 6.45) is 0. The molecule has 1 N–H and O–H groups in total. The minimum atomic E-state index is 0.480. The Hall–Kier alpha value is -2.34. The Morgan fingerprint density at radius 2 is 1.95 bits per heavy atom. The molecular formula is C17H19N3. The van der Waals surface area contributed by atoms with Crippen LogP contribution in [0.1, 0.15) is 42.3 Å². The molecule has 3 nitrogen and oxygen atoms in total. The minimum absolute atomic E-state index is 0.480. The molecule has 0 spiro atoms. The summed E-state index contributed by atoms with van der Waals surface area (Å²) >= 11 is 0. The molecule has 0 fully saturated rings. The quantitative estimate of drug-likeness (QED) is 0.892. The van der Waals surface area contributed by atoms with Crippen molar-refractivity contribution in [3.63, 3.8) is 0 Å². The van der Waals surface area contributed by atoms with Crippen LogP contribution < -0.4 is 5.32 Å². The highest BCUT2D eigenvalue weighted by atomic mass is 14.9. The lowest BCUT2D eigenvalue weighted by Crippen LogP contribution is -2.00. The van der Waals surface area contributed by atoms with E-state index in [4.69, 9.17) is 0 Å². The van der Waals surface area contributed by atoms with E-state index in [-0.39, 0.29) is 0 Å². The molecule has 0 amide bonds. The molecule has 20 heavy (non-hydrogen) atoms. The van der Waals surface area contributed by atoms with Gasteiger partial charge in [-0.25, -0.2) is 0 Å². The molecule has 0 atom stereocenters. The van der Waals surface area contributed by atoms with Gasteiger partial charge in [-0.3, -0.25) is 4.98 Å². The van der Waals surface area contributed by atoms with Crippen LogP contribution in [0.25, 0.3) is 0 Å². The molecule has 0 radical (unpaired) electrons. The number of aryl methyl sites for hydroxylation is 2. The van der Waals surface area contributed by atoms with Crippen LogP contribution >= 0.6 is 0 Å². The van der Waals surface area contributed by atoms with E-state index in [2.05, 4.69) is 42.4 Å². The second-order valence-corrected chi connectivity index (χ2v) is 5.29. The maximum Gasteiger partial charge on any atom is 0.103 e. The number of rotatable bonds is 3. The summed E-state index contributed by atoms with van der Waals surface area (Å²) in [6, 6.07) is 12.4. The minimum Gasteiger partial charge on any atom is -0.354 e. The van der Waals surface area contributed by atoms with Crippen molar-refractivity contribution in [1.82, 2.24) is 4.98 Å². The number of hydrogen-bond acceptors (Lipinski definition) is 3. The van der Waals surface area contributed by atoms with Crippen molar-refractivity contribution in [2.45, 2.75) is 33.6 Å². The van der Waals surface area contributed by atoms with Gasteiger partial charge in [0.2, 0.25) is 0 Å². The van der Waals surface area contributed by atoms with Crippen LogP contribution in [0.3, 0.4) is 0 Å². The molecule has 0 aliphatic heterocycles. The smallest absolute Gasteiger partial charge is 0.103 e. The van der Waals surface area contributed by atoms with Crippen molar-refractivity contribution in [3.8, 4) is 6.07 Å². The first-order chi connectivity index (χ1) is 9.51. The molecule has 0 saturated carbocycles. The SMILES string of the molecule is Cc1cc(Nc2cccc(C(C)C)c2)c(C#N)c(C)n1. The number of nitrogens with zero attached hydrogens (tertiary/aromatic N) is 2. The van der Waals surface area contributed by atoms with Gasteiger partial charge in [-0.15, -0.1) is 0 Å². The predicted octanol–water partition coefficient (Wildman–Crippen LogP) is 4.44. The second-order valence-electron chi connectivity index (χ2n) is 5.29. The molecule has 0 unspecified atom stereocenters. The molecule has 0 bridgehead atoms. The Balaban J connectivity index is 2.40. The third-order valence-electron chi connectivity index (χ3n) is 3.27. The number of pyridine rings is 1. The summed E-state index contributed by atoms with van der Waals surface area (Å²) < 4.78 is 0. The topological polar surface area (TPSA) is 48.7 Å². The van der Waals surface area contributed by atoms with Crippen LogP contribution in [0.4, 0.5) is 11.4 Å². The van der Waals surface area contributed by atoms with Crippen LogP contribution in [0.15, 0.2) is 30.3 Å². The van der Waals surface area contributed by atoms with Crippen molar-refractivity contribution < 1.29 is 0 Å². The fraction of sp³-hybridized carbons (Fsp3) is 0.294. The number of benzene rings is 1. The lowest BCUT2D eigenvalue weighted by atomic mass is 10.0. The molecule has 3 heteroatoms. The molecule has 102 valence electrons. The molecular weight excluding hydrogens is 246 g/mol. The van der Waals surface area contributed by atoms with Gasteiger partial charge in [0, 0.05) is 11.4 Å². The number of anilines is 2. The lowest BCUT2D eigenvalue weighted by Gasteiger charge is -2.13. The molecule has 0 saturated heterocycles. The molecule has 2 rings (SSSR count). The Bertz CT molecular complexity index is 666. The van der Waals surface area contributed by atoms with Gasteiger partial charge < -0.3 is 5.32 Å². The largest absolute Gasteiger partial charge is 0.354 e. The van der Waals surface area contributed by atoms with Gasteiger partial charge in [-0.2, -0.15) is 5.26 Å². The first-order valence-electron chi connectivity index (χ1n) is 6.76. The number of aromatic nitrogens is 1. The van der Waals surface area contributed by atoms with Gasteiger partial charge in [0.05, 0.1) is 16.9 Å².